The van der Waals surface area contributed by atoms with Crippen LogP contribution in [0.3, 0.4) is 0 Å². The third-order valence-electron chi connectivity index (χ3n) is 4.22. The lowest BCUT2D eigenvalue weighted by molar-refractivity contribution is 0.0594. The van der Waals surface area contributed by atoms with Crippen LogP contribution in [0, 0.1) is 12.8 Å². The number of carbonyl (C=O) groups excluding carboxylic acids is 1. The standard InChI is InChI=1S/C16H25N3O2/c1-11-10-14(18-17)6-7-15(11)16(20)19(8-9-21-3)12(2)13-4-5-13/h6-7,10,12-13,18H,4-5,8-9,17H2,1-3H3. The Labute approximate surface area is 126 Å². The number of hydrazine groups is 1. The third kappa shape index (κ3) is 3.74. The van der Waals surface area contributed by atoms with E-state index in [1.54, 1.807) is 7.11 Å². The van der Waals surface area contributed by atoms with Crippen molar-refractivity contribution in [2.75, 3.05) is 25.7 Å². The number of carbonyl (C=O) groups is 1. The van der Waals surface area contributed by atoms with Crippen LogP contribution in [0.2, 0.25) is 0 Å². The Morgan fingerprint density at radius 1 is 1.52 bits per heavy atom. The van der Waals surface area contributed by atoms with E-state index in [9.17, 15) is 4.79 Å². The van der Waals surface area contributed by atoms with Crippen molar-refractivity contribution in [3.8, 4) is 0 Å². The second-order valence-electron chi connectivity index (χ2n) is 5.74. The fourth-order valence-corrected chi connectivity index (χ4v) is 2.66. The monoisotopic (exact) mass is 291 g/mol. The summed E-state index contributed by atoms with van der Waals surface area (Å²) in [7, 11) is 1.66. The lowest BCUT2D eigenvalue weighted by Gasteiger charge is -2.30. The molecule has 116 valence electrons. The highest BCUT2D eigenvalue weighted by Crippen LogP contribution is 2.35. The summed E-state index contributed by atoms with van der Waals surface area (Å²) < 4.78 is 5.16. The van der Waals surface area contributed by atoms with E-state index in [4.69, 9.17) is 10.6 Å². The van der Waals surface area contributed by atoms with Crippen molar-refractivity contribution in [1.29, 1.82) is 0 Å². The van der Waals surface area contributed by atoms with Crippen molar-refractivity contribution >= 4 is 11.6 Å². The molecule has 21 heavy (non-hydrogen) atoms. The number of amides is 1. The molecule has 0 spiro atoms. The average Bonchev–Trinajstić information content (AvgIpc) is 3.31. The first kappa shape index (κ1) is 15.8. The normalized spacial score (nSPS) is 15.6. The molecule has 1 aromatic rings. The van der Waals surface area contributed by atoms with Crippen molar-refractivity contribution in [2.24, 2.45) is 11.8 Å². The van der Waals surface area contributed by atoms with E-state index < -0.39 is 0 Å². The zero-order valence-corrected chi connectivity index (χ0v) is 13.1. The van der Waals surface area contributed by atoms with Crippen molar-refractivity contribution in [2.45, 2.75) is 32.7 Å². The smallest absolute Gasteiger partial charge is 0.254 e. The van der Waals surface area contributed by atoms with Gasteiger partial charge in [0.1, 0.15) is 0 Å². The molecule has 1 fully saturated rings. The van der Waals surface area contributed by atoms with Crippen LogP contribution < -0.4 is 11.3 Å². The summed E-state index contributed by atoms with van der Waals surface area (Å²) in [6.45, 7) is 5.26. The zero-order valence-electron chi connectivity index (χ0n) is 13.1. The van der Waals surface area contributed by atoms with Crippen LogP contribution in [0.4, 0.5) is 5.69 Å². The largest absolute Gasteiger partial charge is 0.383 e. The van der Waals surface area contributed by atoms with E-state index >= 15 is 0 Å². The molecule has 1 aromatic carbocycles. The van der Waals surface area contributed by atoms with Gasteiger partial charge in [0.25, 0.3) is 5.91 Å². The Kier molecular flexibility index (Phi) is 5.20. The maximum Gasteiger partial charge on any atom is 0.254 e. The van der Waals surface area contributed by atoms with Crippen molar-refractivity contribution in [3.05, 3.63) is 29.3 Å². The van der Waals surface area contributed by atoms with Crippen LogP contribution >= 0.6 is 0 Å². The van der Waals surface area contributed by atoms with E-state index in [0.717, 1.165) is 16.8 Å². The Bertz CT molecular complexity index is 500. The van der Waals surface area contributed by atoms with Gasteiger partial charge in [0.05, 0.1) is 6.61 Å². The number of nitrogens with zero attached hydrogens (tertiary/aromatic N) is 1. The molecule has 1 aliphatic rings. The summed E-state index contributed by atoms with van der Waals surface area (Å²) in [5, 5.41) is 0. The second kappa shape index (κ2) is 6.91. The van der Waals surface area contributed by atoms with Crippen LogP contribution in [-0.2, 0) is 4.74 Å². The number of benzene rings is 1. The minimum atomic E-state index is 0.0764. The van der Waals surface area contributed by atoms with E-state index in [1.165, 1.54) is 12.8 Å². The molecule has 0 saturated heterocycles. The van der Waals surface area contributed by atoms with E-state index in [2.05, 4.69) is 12.3 Å². The number of nitrogens with one attached hydrogen (secondary N) is 1. The maximum absolute atomic E-state index is 12.9. The van der Waals surface area contributed by atoms with Crippen LogP contribution in [-0.4, -0.2) is 37.1 Å². The topological polar surface area (TPSA) is 67.6 Å². The SMILES string of the molecule is COCCN(C(=O)c1ccc(NN)cc1C)C(C)C1CC1. The quantitative estimate of drug-likeness (QED) is 0.597. The highest BCUT2D eigenvalue weighted by Gasteiger charge is 2.34. The molecule has 1 aliphatic carbocycles. The summed E-state index contributed by atoms with van der Waals surface area (Å²) in [6.07, 6.45) is 2.43. The summed E-state index contributed by atoms with van der Waals surface area (Å²) in [5.74, 6) is 6.12. The minimum Gasteiger partial charge on any atom is -0.383 e. The van der Waals surface area contributed by atoms with Crippen molar-refractivity contribution < 1.29 is 9.53 Å². The summed E-state index contributed by atoms with van der Waals surface area (Å²) in [5.41, 5.74) is 5.08. The van der Waals surface area contributed by atoms with Crippen LogP contribution in [0.1, 0.15) is 35.7 Å². The van der Waals surface area contributed by atoms with Gasteiger partial charge in [-0.15, -0.1) is 0 Å². The first-order chi connectivity index (χ1) is 10.1. The molecule has 0 radical (unpaired) electrons. The maximum atomic E-state index is 12.9. The second-order valence-corrected chi connectivity index (χ2v) is 5.74. The number of nitrogen functional groups attached to an aromatic ring is 1. The summed E-state index contributed by atoms with van der Waals surface area (Å²) in [4.78, 5) is 14.8. The van der Waals surface area contributed by atoms with E-state index in [1.807, 2.05) is 30.0 Å². The molecule has 1 saturated carbocycles. The zero-order chi connectivity index (χ0) is 15.4. The fraction of sp³-hybridized carbons (Fsp3) is 0.562. The van der Waals surface area contributed by atoms with Gasteiger partial charge in [-0.3, -0.25) is 10.6 Å². The van der Waals surface area contributed by atoms with Gasteiger partial charge in [0.2, 0.25) is 0 Å². The van der Waals surface area contributed by atoms with Gasteiger partial charge < -0.3 is 15.1 Å². The van der Waals surface area contributed by atoms with Gasteiger partial charge in [-0.05, 0) is 56.4 Å². The Morgan fingerprint density at radius 2 is 2.24 bits per heavy atom. The van der Waals surface area contributed by atoms with Gasteiger partial charge in [0.15, 0.2) is 0 Å². The van der Waals surface area contributed by atoms with Crippen LogP contribution in [0.15, 0.2) is 18.2 Å². The number of rotatable bonds is 7. The molecule has 5 nitrogen and oxygen atoms in total. The molecule has 2 rings (SSSR count). The fourth-order valence-electron chi connectivity index (χ4n) is 2.66. The van der Waals surface area contributed by atoms with Gasteiger partial charge in [-0.1, -0.05) is 0 Å². The van der Waals surface area contributed by atoms with Crippen LogP contribution in [0.5, 0.6) is 0 Å². The number of methoxy groups -OCH3 is 1. The third-order valence-corrected chi connectivity index (χ3v) is 4.22. The first-order valence-corrected chi connectivity index (χ1v) is 7.45. The lowest BCUT2D eigenvalue weighted by Crippen LogP contribution is -2.42. The molecule has 0 aromatic heterocycles. The molecule has 3 N–H and O–H groups in total. The highest BCUT2D eigenvalue weighted by molar-refractivity contribution is 5.96. The molecular weight excluding hydrogens is 266 g/mol. The highest BCUT2D eigenvalue weighted by atomic mass is 16.5. The number of ether oxygens (including phenoxy) is 1. The Hall–Kier alpha value is -1.59. The van der Waals surface area contributed by atoms with Gasteiger partial charge in [0, 0.05) is 30.9 Å². The van der Waals surface area contributed by atoms with Gasteiger partial charge >= 0.3 is 0 Å². The molecule has 0 heterocycles. The van der Waals surface area contributed by atoms with Crippen LogP contribution in [0.25, 0.3) is 0 Å². The molecule has 1 atom stereocenters. The first-order valence-electron chi connectivity index (χ1n) is 7.45. The van der Waals surface area contributed by atoms with Crippen molar-refractivity contribution in [3.63, 3.8) is 0 Å². The lowest BCUT2D eigenvalue weighted by atomic mass is 10.0. The number of hydrogen-bond acceptors (Lipinski definition) is 4. The molecule has 1 amide bonds. The number of nitrogens with two attached hydrogens (primary N) is 1. The summed E-state index contributed by atoms with van der Waals surface area (Å²) in [6, 6.07) is 5.83. The molecule has 0 bridgehead atoms. The van der Waals surface area contributed by atoms with E-state index in [-0.39, 0.29) is 11.9 Å². The van der Waals surface area contributed by atoms with Crippen molar-refractivity contribution in [1.82, 2.24) is 4.90 Å². The molecule has 0 aliphatic heterocycles. The number of aryl methyl sites for hydroxylation is 1. The number of anilines is 1. The predicted octanol–water partition coefficient (Wildman–Crippen LogP) is 2.17. The van der Waals surface area contributed by atoms with E-state index in [0.29, 0.717) is 19.1 Å². The van der Waals surface area contributed by atoms with Gasteiger partial charge in [-0.2, -0.15) is 0 Å². The Morgan fingerprint density at radius 3 is 2.76 bits per heavy atom. The molecule has 5 heteroatoms. The molecular formula is C16H25N3O2. The average molecular weight is 291 g/mol. The predicted molar refractivity (Wildman–Crippen MR) is 84.1 cm³/mol. The Balaban J connectivity index is 2.20. The summed E-state index contributed by atoms with van der Waals surface area (Å²) >= 11 is 0. The molecule has 1 unspecified atom stereocenters. The minimum absolute atomic E-state index is 0.0764. The number of hydrogen-bond donors (Lipinski definition) is 2. The van der Waals surface area contributed by atoms with Gasteiger partial charge in [-0.25, -0.2) is 0 Å².